The van der Waals surface area contributed by atoms with Crippen molar-refractivity contribution in [2.75, 3.05) is 0 Å². The number of rotatable bonds is 1. The molecule has 1 atom stereocenters. The van der Waals surface area contributed by atoms with Gasteiger partial charge in [0, 0.05) is 10.5 Å². The molecule has 0 aliphatic carbocycles. The van der Waals surface area contributed by atoms with Crippen LogP contribution in [0.1, 0.15) is 18.8 Å². The van der Waals surface area contributed by atoms with Crippen LogP contribution in [0.2, 0.25) is 0 Å². The Morgan fingerprint density at radius 1 is 1.40 bits per heavy atom. The van der Waals surface area contributed by atoms with Gasteiger partial charge in [0.2, 0.25) is 0 Å². The second-order valence-electron chi connectivity index (χ2n) is 3.33. The number of fused-ring (bicyclic) bond motifs is 1. The molecule has 0 saturated carbocycles. The van der Waals surface area contributed by atoms with Crippen LogP contribution in [0.3, 0.4) is 0 Å². The molecule has 15 heavy (non-hydrogen) atoms. The van der Waals surface area contributed by atoms with E-state index in [0.717, 1.165) is 4.47 Å². The average Bonchev–Trinajstić information content (AvgIpc) is 2.18. The van der Waals surface area contributed by atoms with E-state index in [2.05, 4.69) is 15.9 Å². The van der Waals surface area contributed by atoms with Crippen LogP contribution in [-0.4, -0.2) is 5.11 Å². The lowest BCUT2D eigenvalue weighted by Gasteiger charge is -2.04. The number of aliphatic hydroxyl groups is 1. The minimum atomic E-state index is -0.772. The summed E-state index contributed by atoms with van der Waals surface area (Å²) in [4.78, 5) is 11.7. The van der Waals surface area contributed by atoms with Gasteiger partial charge >= 0.3 is 0 Å². The van der Waals surface area contributed by atoms with Crippen molar-refractivity contribution in [2.24, 2.45) is 0 Å². The highest BCUT2D eigenvalue weighted by atomic mass is 79.9. The van der Waals surface area contributed by atoms with Gasteiger partial charge in [-0.25, -0.2) is 0 Å². The molecule has 0 aliphatic heterocycles. The lowest BCUT2D eigenvalue weighted by Crippen LogP contribution is -2.03. The number of aliphatic hydroxyl groups excluding tert-OH is 1. The van der Waals surface area contributed by atoms with Crippen LogP contribution < -0.4 is 5.43 Å². The van der Waals surface area contributed by atoms with Crippen molar-refractivity contribution in [3.05, 3.63) is 44.7 Å². The summed E-state index contributed by atoms with van der Waals surface area (Å²) in [5, 5.41) is 9.83. The molecule has 0 bridgehead atoms. The van der Waals surface area contributed by atoms with Crippen LogP contribution >= 0.6 is 15.9 Å². The smallest absolute Gasteiger partial charge is 0.193 e. The molecule has 0 spiro atoms. The molecule has 0 saturated heterocycles. The van der Waals surface area contributed by atoms with Gasteiger partial charge < -0.3 is 9.52 Å². The van der Waals surface area contributed by atoms with Crippen LogP contribution in [0.4, 0.5) is 0 Å². The maximum Gasteiger partial charge on any atom is 0.193 e. The normalized spacial score (nSPS) is 13.0. The fourth-order valence-corrected chi connectivity index (χ4v) is 1.71. The number of halogens is 1. The van der Waals surface area contributed by atoms with Crippen LogP contribution in [-0.2, 0) is 0 Å². The quantitative estimate of drug-likeness (QED) is 0.865. The predicted octanol–water partition coefficient (Wildman–Crippen LogP) is 2.61. The molecule has 4 heteroatoms. The lowest BCUT2D eigenvalue weighted by atomic mass is 10.2. The maximum absolute atomic E-state index is 11.7. The van der Waals surface area contributed by atoms with E-state index in [1.54, 1.807) is 25.1 Å². The zero-order chi connectivity index (χ0) is 11.0. The van der Waals surface area contributed by atoms with Crippen molar-refractivity contribution in [3.8, 4) is 0 Å². The summed E-state index contributed by atoms with van der Waals surface area (Å²) in [7, 11) is 0. The molecule has 78 valence electrons. The van der Waals surface area contributed by atoms with Crippen molar-refractivity contribution in [1.29, 1.82) is 0 Å². The lowest BCUT2D eigenvalue weighted by molar-refractivity contribution is 0.170. The summed E-state index contributed by atoms with van der Waals surface area (Å²) < 4.78 is 6.21. The first-order chi connectivity index (χ1) is 7.08. The van der Waals surface area contributed by atoms with Crippen molar-refractivity contribution in [1.82, 2.24) is 0 Å². The summed E-state index contributed by atoms with van der Waals surface area (Å²) in [6.45, 7) is 1.56. The Bertz CT molecular complexity index is 557. The third-order valence-corrected chi connectivity index (χ3v) is 2.61. The topological polar surface area (TPSA) is 50.4 Å². The second kappa shape index (κ2) is 3.79. The molecule has 0 aliphatic rings. The van der Waals surface area contributed by atoms with Crippen molar-refractivity contribution in [3.63, 3.8) is 0 Å². The first kappa shape index (κ1) is 10.4. The summed E-state index contributed by atoms with van der Waals surface area (Å²) in [5.41, 5.74) is 0.343. The molecule has 1 N–H and O–H groups in total. The van der Waals surface area contributed by atoms with Gasteiger partial charge in [-0.1, -0.05) is 15.9 Å². The Labute approximate surface area is 94.5 Å². The van der Waals surface area contributed by atoms with E-state index in [4.69, 9.17) is 4.42 Å². The number of hydrogen-bond acceptors (Lipinski definition) is 3. The molecule has 0 fully saturated rings. The molecule has 2 aromatic rings. The Balaban J connectivity index is 2.79. The van der Waals surface area contributed by atoms with Gasteiger partial charge in [-0.3, -0.25) is 4.79 Å². The van der Waals surface area contributed by atoms with E-state index < -0.39 is 6.10 Å². The monoisotopic (exact) mass is 268 g/mol. The highest BCUT2D eigenvalue weighted by Gasteiger charge is 2.08. The van der Waals surface area contributed by atoms with Crippen molar-refractivity contribution in [2.45, 2.75) is 13.0 Å². The van der Waals surface area contributed by atoms with Gasteiger partial charge in [-0.2, -0.15) is 0 Å². The first-order valence-corrected chi connectivity index (χ1v) is 5.28. The molecule has 1 aromatic heterocycles. The summed E-state index contributed by atoms with van der Waals surface area (Å²) in [6.07, 6.45) is -0.772. The molecular formula is C11H9BrO3. The van der Waals surface area contributed by atoms with Crippen LogP contribution in [0.25, 0.3) is 11.0 Å². The van der Waals surface area contributed by atoms with Crippen LogP contribution in [0, 0.1) is 0 Å². The number of benzene rings is 1. The summed E-state index contributed by atoms with van der Waals surface area (Å²) in [6, 6.07) is 6.51. The van der Waals surface area contributed by atoms with Crippen LogP contribution in [0.15, 0.2) is 37.9 Å². The SMILES string of the molecule is CC(O)c1cc(=O)c2cc(Br)ccc2o1. The Kier molecular flexibility index (Phi) is 2.63. The van der Waals surface area contributed by atoms with Crippen LogP contribution in [0.5, 0.6) is 0 Å². The Morgan fingerprint density at radius 3 is 2.80 bits per heavy atom. The minimum absolute atomic E-state index is 0.145. The molecule has 1 heterocycles. The molecule has 3 nitrogen and oxygen atoms in total. The summed E-state index contributed by atoms with van der Waals surface area (Å²) >= 11 is 3.28. The average molecular weight is 269 g/mol. The fraction of sp³-hybridized carbons (Fsp3) is 0.182. The molecular weight excluding hydrogens is 260 g/mol. The highest BCUT2D eigenvalue weighted by Crippen LogP contribution is 2.20. The molecule has 0 amide bonds. The van der Waals surface area contributed by atoms with Gasteiger partial charge in [0.25, 0.3) is 0 Å². The van der Waals surface area contributed by atoms with E-state index in [1.807, 2.05) is 0 Å². The predicted molar refractivity (Wildman–Crippen MR) is 60.8 cm³/mol. The van der Waals surface area contributed by atoms with E-state index >= 15 is 0 Å². The zero-order valence-electron chi connectivity index (χ0n) is 8.03. The van der Waals surface area contributed by atoms with Gasteiger partial charge in [0.05, 0.1) is 5.39 Å². The molecule has 1 unspecified atom stereocenters. The van der Waals surface area contributed by atoms with Crippen molar-refractivity contribution >= 4 is 26.9 Å². The summed E-state index contributed by atoms with van der Waals surface area (Å²) in [5.74, 6) is 0.287. The fourth-order valence-electron chi connectivity index (χ4n) is 1.35. The van der Waals surface area contributed by atoms with Gasteiger partial charge in [-0.05, 0) is 25.1 Å². The largest absolute Gasteiger partial charge is 0.458 e. The Morgan fingerprint density at radius 2 is 2.13 bits per heavy atom. The zero-order valence-corrected chi connectivity index (χ0v) is 9.61. The van der Waals surface area contributed by atoms with E-state index in [1.165, 1.54) is 6.07 Å². The molecule has 2 rings (SSSR count). The Hall–Kier alpha value is -1.13. The first-order valence-electron chi connectivity index (χ1n) is 4.49. The van der Waals surface area contributed by atoms with E-state index in [0.29, 0.717) is 11.0 Å². The van der Waals surface area contributed by atoms with Crippen molar-refractivity contribution < 1.29 is 9.52 Å². The standard InChI is InChI=1S/C11H9BrO3/c1-6(13)11-5-9(14)8-4-7(12)2-3-10(8)15-11/h2-6,13H,1H3. The minimum Gasteiger partial charge on any atom is -0.458 e. The van der Waals surface area contributed by atoms with E-state index in [9.17, 15) is 9.90 Å². The highest BCUT2D eigenvalue weighted by molar-refractivity contribution is 9.10. The molecule has 1 aromatic carbocycles. The van der Waals surface area contributed by atoms with Gasteiger partial charge in [-0.15, -0.1) is 0 Å². The maximum atomic E-state index is 11.7. The van der Waals surface area contributed by atoms with Gasteiger partial charge in [0.15, 0.2) is 5.43 Å². The number of hydrogen-bond donors (Lipinski definition) is 1. The van der Waals surface area contributed by atoms with E-state index in [-0.39, 0.29) is 11.2 Å². The third kappa shape index (κ3) is 1.96. The van der Waals surface area contributed by atoms with Gasteiger partial charge in [0.1, 0.15) is 17.4 Å². The second-order valence-corrected chi connectivity index (χ2v) is 4.25. The third-order valence-electron chi connectivity index (χ3n) is 2.12. The molecule has 0 radical (unpaired) electrons.